The summed E-state index contributed by atoms with van der Waals surface area (Å²) in [6.45, 7) is 0. The fourth-order valence-corrected chi connectivity index (χ4v) is 4.15. The second-order valence-electron chi connectivity index (χ2n) is 7.05. The van der Waals surface area contributed by atoms with Gasteiger partial charge >= 0.3 is 0 Å². The lowest BCUT2D eigenvalue weighted by Crippen LogP contribution is -2.20. The van der Waals surface area contributed by atoms with Gasteiger partial charge in [-0.05, 0) is 54.6 Å². The van der Waals surface area contributed by atoms with E-state index in [0.29, 0.717) is 28.0 Å². The van der Waals surface area contributed by atoms with E-state index < -0.39 is 0 Å². The van der Waals surface area contributed by atoms with Gasteiger partial charge in [0.2, 0.25) is 0 Å². The number of carbonyl (C=O) groups is 1. The molecule has 0 spiro atoms. The van der Waals surface area contributed by atoms with Crippen LogP contribution in [0, 0.1) is 0 Å². The summed E-state index contributed by atoms with van der Waals surface area (Å²) in [5, 5.41) is 13.3. The Kier molecular flexibility index (Phi) is 8.11. The number of carbonyl (C=O) groups excluding carboxylic acids is 1. The molecule has 1 amide bonds. The number of rotatable bonds is 9. The first-order valence-electron chi connectivity index (χ1n) is 10.4. The zero-order chi connectivity index (χ0) is 24.6. The number of nitrogens with one attached hydrogen (secondary N) is 1. The summed E-state index contributed by atoms with van der Waals surface area (Å²) in [7, 11) is 3.14. The molecule has 9 nitrogen and oxygen atoms in total. The van der Waals surface area contributed by atoms with Gasteiger partial charge in [-0.15, -0.1) is 10.2 Å². The van der Waals surface area contributed by atoms with Gasteiger partial charge in [-0.2, -0.15) is 5.10 Å². The Labute approximate surface area is 214 Å². The maximum Gasteiger partial charge on any atom is 0.250 e. The van der Waals surface area contributed by atoms with Crippen molar-refractivity contribution in [2.75, 3.05) is 20.0 Å². The fourth-order valence-electron chi connectivity index (χ4n) is 3.14. The van der Waals surface area contributed by atoms with Crippen LogP contribution in [0.5, 0.6) is 11.5 Å². The highest BCUT2D eigenvalue weighted by atomic mass is 79.9. The predicted molar refractivity (Wildman–Crippen MR) is 138 cm³/mol. The molecule has 0 atom stereocenters. The first-order chi connectivity index (χ1) is 17.1. The van der Waals surface area contributed by atoms with Crippen LogP contribution in [0.2, 0.25) is 0 Å². The van der Waals surface area contributed by atoms with E-state index in [1.54, 1.807) is 44.8 Å². The van der Waals surface area contributed by atoms with E-state index in [-0.39, 0.29) is 11.7 Å². The Morgan fingerprint density at radius 1 is 1.14 bits per heavy atom. The zero-order valence-corrected chi connectivity index (χ0v) is 21.3. The minimum absolute atomic E-state index is 0.0916. The Hall–Kier alpha value is -3.70. The van der Waals surface area contributed by atoms with Gasteiger partial charge in [-0.1, -0.05) is 27.7 Å². The van der Waals surface area contributed by atoms with E-state index in [2.05, 4.69) is 41.6 Å². The topological polar surface area (TPSA) is 104 Å². The minimum atomic E-state index is -0.290. The number of thioether (sulfide) groups is 1. The highest BCUT2D eigenvalue weighted by Crippen LogP contribution is 2.28. The zero-order valence-electron chi connectivity index (χ0n) is 18.9. The van der Waals surface area contributed by atoms with Crippen molar-refractivity contribution in [1.82, 2.24) is 25.2 Å². The number of hydrogen-bond donors (Lipinski definition) is 1. The molecular weight excluding hydrogens is 532 g/mol. The maximum atomic E-state index is 12.5. The average Bonchev–Trinajstić information content (AvgIpc) is 3.32. The van der Waals surface area contributed by atoms with Gasteiger partial charge < -0.3 is 9.47 Å². The van der Waals surface area contributed by atoms with Crippen molar-refractivity contribution in [3.63, 3.8) is 0 Å². The van der Waals surface area contributed by atoms with Crippen molar-refractivity contribution in [3.05, 3.63) is 77.0 Å². The molecule has 0 aliphatic heterocycles. The number of nitrogens with zero attached hydrogens (tertiary/aromatic N) is 5. The lowest BCUT2D eigenvalue weighted by Gasteiger charge is -2.10. The highest BCUT2D eigenvalue weighted by Gasteiger charge is 2.17. The van der Waals surface area contributed by atoms with E-state index in [1.807, 2.05) is 41.0 Å². The van der Waals surface area contributed by atoms with Crippen LogP contribution in [0.3, 0.4) is 0 Å². The number of hydrazone groups is 1. The van der Waals surface area contributed by atoms with Crippen LogP contribution in [-0.4, -0.2) is 51.8 Å². The van der Waals surface area contributed by atoms with Gasteiger partial charge in [0.25, 0.3) is 5.91 Å². The van der Waals surface area contributed by atoms with E-state index in [0.717, 1.165) is 15.7 Å². The Morgan fingerprint density at radius 2 is 1.97 bits per heavy atom. The molecular formula is C24H21BrN6O3S. The second kappa shape index (κ2) is 11.6. The molecule has 0 aliphatic rings. The molecule has 0 unspecified atom stereocenters. The molecule has 0 saturated heterocycles. The molecule has 0 bridgehead atoms. The lowest BCUT2D eigenvalue weighted by molar-refractivity contribution is -0.118. The largest absolute Gasteiger partial charge is 0.497 e. The standard InChI is InChI=1S/C24H21BrN6O3S/c1-33-20-9-10-21(34-2)17(12-20)14-27-28-22(32)15-35-24-30-29-23(16-4-3-11-26-13-16)31(24)19-7-5-18(25)6-8-19/h3-14H,15H2,1-2H3,(H,28,32). The molecule has 11 heteroatoms. The molecule has 2 heterocycles. The Balaban J connectivity index is 1.49. The van der Waals surface area contributed by atoms with Gasteiger partial charge in [-0.25, -0.2) is 5.43 Å². The second-order valence-corrected chi connectivity index (χ2v) is 8.91. The first-order valence-corrected chi connectivity index (χ1v) is 12.2. The van der Waals surface area contributed by atoms with Gasteiger partial charge in [0.1, 0.15) is 11.5 Å². The van der Waals surface area contributed by atoms with Gasteiger partial charge in [0.15, 0.2) is 11.0 Å². The first kappa shape index (κ1) is 24.4. The third kappa shape index (κ3) is 6.06. The van der Waals surface area contributed by atoms with E-state index >= 15 is 0 Å². The third-order valence-corrected chi connectivity index (χ3v) is 6.26. The van der Waals surface area contributed by atoms with Crippen molar-refractivity contribution < 1.29 is 14.3 Å². The number of amides is 1. The molecule has 178 valence electrons. The summed E-state index contributed by atoms with van der Waals surface area (Å²) in [5.41, 5.74) is 4.89. The number of benzene rings is 2. The predicted octanol–water partition coefficient (Wildman–Crippen LogP) is 4.35. The smallest absolute Gasteiger partial charge is 0.250 e. The summed E-state index contributed by atoms with van der Waals surface area (Å²) < 4.78 is 13.4. The van der Waals surface area contributed by atoms with Gasteiger partial charge in [0.05, 0.1) is 26.2 Å². The van der Waals surface area contributed by atoms with Crippen LogP contribution >= 0.6 is 27.7 Å². The van der Waals surface area contributed by atoms with Crippen LogP contribution in [0.25, 0.3) is 17.1 Å². The number of hydrogen-bond acceptors (Lipinski definition) is 8. The SMILES string of the molecule is COc1ccc(OC)c(C=NNC(=O)CSc2nnc(-c3cccnc3)n2-c2ccc(Br)cc2)c1. The quantitative estimate of drug-likeness (QED) is 0.187. The van der Waals surface area contributed by atoms with Crippen LogP contribution in [-0.2, 0) is 4.79 Å². The average molecular weight is 553 g/mol. The van der Waals surface area contributed by atoms with Gasteiger partial charge in [-0.3, -0.25) is 14.3 Å². The summed E-state index contributed by atoms with van der Waals surface area (Å²) >= 11 is 4.72. The molecule has 0 aliphatic carbocycles. The summed E-state index contributed by atoms with van der Waals surface area (Å²) in [4.78, 5) is 16.7. The summed E-state index contributed by atoms with van der Waals surface area (Å²) in [6.07, 6.45) is 4.93. The fraction of sp³-hybridized carbons (Fsp3) is 0.125. The molecule has 2 aromatic heterocycles. The van der Waals surface area contributed by atoms with Crippen LogP contribution in [0.1, 0.15) is 5.56 Å². The minimum Gasteiger partial charge on any atom is -0.497 e. The Bertz CT molecular complexity index is 1330. The number of aromatic nitrogens is 4. The normalized spacial score (nSPS) is 10.9. The number of halogens is 1. The molecule has 1 N–H and O–H groups in total. The molecule has 0 fully saturated rings. The van der Waals surface area contributed by atoms with Crippen LogP contribution in [0.15, 0.2) is 81.7 Å². The molecule has 4 rings (SSSR count). The van der Waals surface area contributed by atoms with E-state index in [9.17, 15) is 4.79 Å². The molecule has 0 saturated carbocycles. The number of ether oxygens (including phenoxy) is 2. The van der Waals surface area contributed by atoms with E-state index in [1.165, 1.54) is 18.0 Å². The molecule has 4 aromatic rings. The van der Waals surface area contributed by atoms with Crippen molar-refractivity contribution in [2.45, 2.75) is 5.16 Å². The molecule has 2 aromatic carbocycles. The maximum absolute atomic E-state index is 12.5. The van der Waals surface area contributed by atoms with Gasteiger partial charge in [0, 0.05) is 33.7 Å². The monoisotopic (exact) mass is 552 g/mol. The van der Waals surface area contributed by atoms with Crippen molar-refractivity contribution >= 4 is 39.8 Å². The summed E-state index contributed by atoms with van der Waals surface area (Å²) in [5.74, 6) is 1.70. The highest BCUT2D eigenvalue weighted by molar-refractivity contribution is 9.10. The van der Waals surface area contributed by atoms with Crippen LogP contribution < -0.4 is 14.9 Å². The lowest BCUT2D eigenvalue weighted by atomic mass is 10.2. The molecule has 0 radical (unpaired) electrons. The van der Waals surface area contributed by atoms with Crippen molar-refractivity contribution in [3.8, 4) is 28.6 Å². The Morgan fingerprint density at radius 3 is 2.69 bits per heavy atom. The number of methoxy groups -OCH3 is 2. The molecule has 35 heavy (non-hydrogen) atoms. The summed E-state index contributed by atoms with van der Waals surface area (Å²) in [6, 6.07) is 16.8. The number of pyridine rings is 1. The van der Waals surface area contributed by atoms with E-state index in [4.69, 9.17) is 9.47 Å². The van der Waals surface area contributed by atoms with Crippen molar-refractivity contribution in [1.29, 1.82) is 0 Å². The van der Waals surface area contributed by atoms with Crippen LogP contribution in [0.4, 0.5) is 0 Å². The third-order valence-electron chi connectivity index (χ3n) is 4.80. The van der Waals surface area contributed by atoms with Crippen molar-refractivity contribution in [2.24, 2.45) is 5.10 Å².